The summed E-state index contributed by atoms with van der Waals surface area (Å²) in [6.45, 7) is 1.71. The van der Waals surface area contributed by atoms with E-state index in [1.165, 1.54) is 173 Å². The summed E-state index contributed by atoms with van der Waals surface area (Å²) in [6, 6.07) is -0.994. The number of allylic oxidation sites excluding steroid dienone is 7. The van der Waals surface area contributed by atoms with Gasteiger partial charge in [-0.05, 0) is 64.2 Å². The van der Waals surface area contributed by atoms with Gasteiger partial charge in [0.25, 0.3) is 0 Å². The Kier molecular flexibility index (Phi) is 48.2. The Labute approximate surface area is 542 Å². The van der Waals surface area contributed by atoms with E-state index in [1.807, 2.05) is 6.08 Å². The third-order valence-electron chi connectivity index (χ3n) is 17.8. The smallest absolute Gasteiger partial charge is 0.220 e. The van der Waals surface area contributed by atoms with Crippen molar-refractivity contribution in [1.82, 2.24) is 5.32 Å². The minimum absolute atomic E-state index is 0.230. The van der Waals surface area contributed by atoms with Gasteiger partial charge in [0, 0.05) is 6.42 Å². The highest BCUT2D eigenvalue weighted by atomic mass is 16.8. The Morgan fingerprint density at radius 3 is 1.20 bits per heavy atom. The Bertz CT molecular complexity index is 1820. The number of unbranched alkanes of at least 4 members (excludes halogenated alkanes) is 33. The topological polar surface area (TPSA) is 307 Å². The molecule has 0 aromatic rings. The van der Waals surface area contributed by atoms with Crippen LogP contribution in [-0.2, 0) is 33.2 Å². The van der Waals surface area contributed by atoms with Crippen LogP contribution in [0.25, 0.3) is 0 Å². The predicted octanol–water partition coefficient (Wildman–Crippen LogP) is 9.78. The predicted molar refractivity (Wildman–Crippen MR) is 351 cm³/mol. The second-order valence-electron chi connectivity index (χ2n) is 25.7. The van der Waals surface area contributed by atoms with Gasteiger partial charge < -0.3 is 89.9 Å². The van der Waals surface area contributed by atoms with E-state index in [0.717, 1.165) is 57.8 Å². The van der Waals surface area contributed by atoms with Crippen molar-refractivity contribution in [3.05, 3.63) is 48.6 Å². The van der Waals surface area contributed by atoms with Crippen molar-refractivity contribution in [1.29, 1.82) is 0 Å². The van der Waals surface area contributed by atoms with E-state index < -0.39 is 124 Å². The largest absolute Gasteiger partial charge is 0.394 e. The molecule has 3 rings (SSSR count). The van der Waals surface area contributed by atoms with E-state index in [9.17, 15) is 61.0 Å². The first-order valence-corrected chi connectivity index (χ1v) is 35.9. The van der Waals surface area contributed by atoms with Crippen molar-refractivity contribution in [2.24, 2.45) is 0 Å². The highest BCUT2D eigenvalue weighted by Gasteiger charge is 2.53. The molecule has 17 unspecified atom stereocenters. The molecule has 526 valence electrons. The molecule has 0 radical (unpaired) electrons. The first-order valence-electron chi connectivity index (χ1n) is 35.9. The van der Waals surface area contributed by atoms with E-state index in [4.69, 9.17) is 28.4 Å². The lowest BCUT2D eigenvalue weighted by Gasteiger charge is -2.48. The van der Waals surface area contributed by atoms with Crippen molar-refractivity contribution in [2.45, 2.75) is 369 Å². The molecule has 19 heteroatoms. The molecule has 0 aliphatic carbocycles. The molecule has 3 aliphatic rings. The van der Waals surface area contributed by atoms with Crippen LogP contribution in [0.5, 0.6) is 0 Å². The highest BCUT2D eigenvalue weighted by molar-refractivity contribution is 5.76. The van der Waals surface area contributed by atoms with Gasteiger partial charge in [0.2, 0.25) is 5.91 Å². The van der Waals surface area contributed by atoms with E-state index in [1.54, 1.807) is 6.08 Å². The molecular weight excluding hydrogens is 1150 g/mol. The first kappa shape index (κ1) is 82.0. The number of aliphatic hydroxyl groups is 11. The molecule has 0 saturated carbocycles. The van der Waals surface area contributed by atoms with Crippen LogP contribution in [0.2, 0.25) is 0 Å². The molecule has 17 atom stereocenters. The van der Waals surface area contributed by atoms with Crippen molar-refractivity contribution in [3.63, 3.8) is 0 Å². The van der Waals surface area contributed by atoms with Crippen LogP contribution in [0, 0.1) is 0 Å². The Balaban J connectivity index is 1.44. The van der Waals surface area contributed by atoms with Gasteiger partial charge in [-0.1, -0.05) is 242 Å². The highest BCUT2D eigenvalue weighted by Crippen LogP contribution is 2.33. The van der Waals surface area contributed by atoms with Gasteiger partial charge in [-0.2, -0.15) is 0 Å². The molecule has 1 amide bonds. The minimum Gasteiger partial charge on any atom is -0.394 e. The van der Waals surface area contributed by atoms with Crippen LogP contribution in [0.4, 0.5) is 0 Å². The van der Waals surface area contributed by atoms with Crippen molar-refractivity contribution in [3.8, 4) is 0 Å². The van der Waals surface area contributed by atoms with E-state index in [2.05, 4.69) is 55.6 Å². The summed E-state index contributed by atoms with van der Waals surface area (Å²) in [6.07, 6.45) is 36.6. The van der Waals surface area contributed by atoms with Gasteiger partial charge in [-0.3, -0.25) is 4.79 Å². The second kappa shape index (κ2) is 53.0. The number of carbonyl (C=O) groups excluding carboxylic acids is 1. The molecule has 90 heavy (non-hydrogen) atoms. The molecule has 0 bridgehead atoms. The van der Waals surface area contributed by atoms with Crippen LogP contribution in [0.15, 0.2) is 48.6 Å². The maximum absolute atomic E-state index is 13.4. The lowest BCUT2D eigenvalue weighted by Crippen LogP contribution is -2.66. The fourth-order valence-electron chi connectivity index (χ4n) is 12.0. The molecule has 3 saturated heterocycles. The average Bonchev–Trinajstić information content (AvgIpc) is 0.846. The third kappa shape index (κ3) is 34.4. The van der Waals surface area contributed by atoms with Crippen LogP contribution in [-0.4, -0.2) is 193 Å². The SMILES string of the molecule is CCCCC/C=C\C/C=C\CCCCCCCCCCCC(=O)NC(COC1OC(CO)C(OC2OC(CO)C(OC3OC(CO)C(O)C(O)C3O)C(O)C2O)C(O)C1O)C(O)/C=C/CC/C=C/CCCCCCCCCCCCCCCCCCCCCC. The van der Waals surface area contributed by atoms with Gasteiger partial charge in [-0.25, -0.2) is 0 Å². The number of aliphatic hydroxyl groups excluding tert-OH is 11. The Hall–Kier alpha value is -2.25. The number of carbonyl (C=O) groups is 1. The van der Waals surface area contributed by atoms with Gasteiger partial charge >= 0.3 is 0 Å². The summed E-state index contributed by atoms with van der Waals surface area (Å²) >= 11 is 0. The van der Waals surface area contributed by atoms with E-state index in [-0.39, 0.29) is 18.9 Å². The number of ether oxygens (including phenoxy) is 6. The van der Waals surface area contributed by atoms with Crippen LogP contribution >= 0.6 is 0 Å². The van der Waals surface area contributed by atoms with E-state index in [0.29, 0.717) is 12.8 Å². The Morgan fingerprint density at radius 2 is 0.744 bits per heavy atom. The quantitative estimate of drug-likeness (QED) is 0.0199. The molecule has 3 fully saturated rings. The minimum atomic E-state index is -1.98. The van der Waals surface area contributed by atoms with Gasteiger partial charge in [-0.15, -0.1) is 0 Å². The van der Waals surface area contributed by atoms with Crippen molar-refractivity contribution >= 4 is 5.91 Å². The molecule has 3 aliphatic heterocycles. The van der Waals surface area contributed by atoms with E-state index >= 15 is 0 Å². The van der Waals surface area contributed by atoms with Gasteiger partial charge in [0.15, 0.2) is 18.9 Å². The summed E-state index contributed by atoms with van der Waals surface area (Å²) < 4.78 is 34.3. The standard InChI is InChI=1S/C71H129NO18/c1-3-5-7-9-11-13-15-17-19-21-23-24-25-26-27-28-29-31-32-34-36-38-40-42-44-46-48-55(76)54(72-59(77)49-47-45-43-41-39-37-35-33-30-22-20-18-16-14-12-10-8-6-4-2)53-85-69-65(83)62(80)67(57(51-74)87-69)90-71-66(84)63(81)68(58(52-75)88-71)89-70-64(82)61(79)60(78)56(50-73)86-70/h12,14,18,20,38,40,46,48,54-58,60-71,73-76,78-84H,3-11,13,15-17,19,21-37,39,41-45,47,49-53H2,1-2H3,(H,72,77)/b14-12-,20-18-,40-38+,48-46+. The van der Waals surface area contributed by atoms with Crippen molar-refractivity contribution in [2.75, 3.05) is 26.4 Å². The molecule has 3 heterocycles. The number of rotatable bonds is 55. The molecule has 0 aromatic carbocycles. The maximum atomic E-state index is 13.4. The summed E-state index contributed by atoms with van der Waals surface area (Å²) in [7, 11) is 0. The monoisotopic (exact) mass is 1280 g/mol. The second-order valence-corrected chi connectivity index (χ2v) is 25.7. The van der Waals surface area contributed by atoms with Crippen LogP contribution in [0.3, 0.4) is 0 Å². The molecule has 19 nitrogen and oxygen atoms in total. The summed E-state index contributed by atoms with van der Waals surface area (Å²) in [5.74, 6) is -0.289. The number of nitrogens with one attached hydrogen (secondary N) is 1. The lowest BCUT2D eigenvalue weighted by atomic mass is 9.96. The normalized spacial score (nSPS) is 28.3. The lowest BCUT2D eigenvalue weighted by molar-refractivity contribution is -0.379. The fourth-order valence-corrected chi connectivity index (χ4v) is 12.0. The maximum Gasteiger partial charge on any atom is 0.220 e. The van der Waals surface area contributed by atoms with Gasteiger partial charge in [0.1, 0.15) is 73.2 Å². The molecule has 0 aromatic heterocycles. The average molecular weight is 1280 g/mol. The zero-order chi connectivity index (χ0) is 65.4. The molecule has 12 N–H and O–H groups in total. The van der Waals surface area contributed by atoms with Gasteiger partial charge in [0.05, 0.1) is 38.6 Å². The van der Waals surface area contributed by atoms with Crippen LogP contribution < -0.4 is 5.32 Å². The first-order chi connectivity index (χ1) is 43.8. The number of hydrogen-bond donors (Lipinski definition) is 12. The zero-order valence-electron chi connectivity index (χ0n) is 55.6. The Morgan fingerprint density at radius 1 is 0.400 bits per heavy atom. The fraction of sp³-hybridized carbons (Fsp3) is 0.873. The number of amides is 1. The third-order valence-corrected chi connectivity index (χ3v) is 17.8. The summed E-state index contributed by atoms with van der Waals surface area (Å²) in [5.41, 5.74) is 0. The summed E-state index contributed by atoms with van der Waals surface area (Å²) in [4.78, 5) is 13.4. The number of hydrogen-bond acceptors (Lipinski definition) is 18. The van der Waals surface area contributed by atoms with Crippen LogP contribution in [0.1, 0.15) is 264 Å². The zero-order valence-corrected chi connectivity index (χ0v) is 55.6. The van der Waals surface area contributed by atoms with Crippen molar-refractivity contribution < 1.29 is 89.4 Å². The summed E-state index contributed by atoms with van der Waals surface area (Å²) in [5, 5.41) is 121. The molecule has 0 spiro atoms. The molecular formula is C71H129NO18.